The van der Waals surface area contributed by atoms with E-state index in [9.17, 15) is 24.5 Å². The van der Waals surface area contributed by atoms with Crippen LogP contribution in [0.25, 0.3) is 0 Å². The molecule has 4 rings (SSSR count). The summed E-state index contributed by atoms with van der Waals surface area (Å²) < 4.78 is 2.27. The molecular weight excluding hydrogens is 364 g/mol. The molecule has 0 fully saturated rings. The molecule has 2 heterocycles. The molecule has 0 radical (unpaired) electrons. The van der Waals surface area contributed by atoms with Gasteiger partial charge in [0.25, 0.3) is 11.2 Å². The Morgan fingerprint density at radius 2 is 1.82 bits per heavy atom. The zero-order chi connectivity index (χ0) is 20.2. The van der Waals surface area contributed by atoms with Crippen molar-refractivity contribution in [1.82, 2.24) is 9.13 Å². The van der Waals surface area contributed by atoms with Gasteiger partial charge in [0, 0.05) is 43.4 Å². The fraction of sp³-hybridized carbons (Fsp3) is 0.316. The molecule has 1 aliphatic heterocycles. The lowest BCUT2D eigenvalue weighted by molar-refractivity contribution is -0.385. The van der Waals surface area contributed by atoms with Gasteiger partial charge in [0.2, 0.25) is 0 Å². The molecule has 1 N–H and O–H groups in total. The van der Waals surface area contributed by atoms with Crippen molar-refractivity contribution in [2.75, 3.05) is 5.32 Å². The van der Waals surface area contributed by atoms with Crippen molar-refractivity contribution in [2.45, 2.75) is 25.2 Å². The number of nitro benzene ring substituents is 1. The van der Waals surface area contributed by atoms with Crippen molar-refractivity contribution in [3.63, 3.8) is 0 Å². The number of allylic oxidation sites excluding steroid dienone is 2. The molecule has 1 unspecified atom stereocenters. The minimum Gasteiger partial charge on any atom is -0.344 e. The van der Waals surface area contributed by atoms with Crippen LogP contribution in [0.3, 0.4) is 0 Å². The van der Waals surface area contributed by atoms with Crippen molar-refractivity contribution >= 4 is 17.3 Å². The van der Waals surface area contributed by atoms with Gasteiger partial charge in [-0.05, 0) is 12.8 Å². The van der Waals surface area contributed by atoms with E-state index in [0.717, 1.165) is 4.57 Å². The number of nitrogens with one attached hydrogen (secondary N) is 1. The van der Waals surface area contributed by atoms with Gasteiger partial charge in [0.15, 0.2) is 5.78 Å². The third-order valence-electron chi connectivity index (χ3n) is 5.45. The van der Waals surface area contributed by atoms with E-state index in [1.165, 1.54) is 24.7 Å². The molecule has 2 aliphatic rings. The van der Waals surface area contributed by atoms with Gasteiger partial charge in [-0.15, -0.1) is 0 Å². The van der Waals surface area contributed by atoms with Gasteiger partial charge < -0.3 is 5.32 Å². The Kier molecular flexibility index (Phi) is 4.02. The number of hydrogen-bond acceptors (Lipinski definition) is 6. The number of nitro groups is 1. The second kappa shape index (κ2) is 6.29. The number of fused-ring (bicyclic) bond motifs is 1. The monoisotopic (exact) mass is 382 g/mol. The fourth-order valence-electron chi connectivity index (χ4n) is 4.11. The van der Waals surface area contributed by atoms with Gasteiger partial charge in [0.1, 0.15) is 5.82 Å². The molecule has 28 heavy (non-hydrogen) atoms. The molecule has 0 amide bonds. The van der Waals surface area contributed by atoms with E-state index in [1.54, 1.807) is 18.2 Å². The summed E-state index contributed by atoms with van der Waals surface area (Å²) in [6.07, 6.45) is 1.53. The highest BCUT2D eigenvalue weighted by Gasteiger charge is 2.41. The summed E-state index contributed by atoms with van der Waals surface area (Å²) in [5.74, 6) is -0.755. The van der Waals surface area contributed by atoms with Crippen LogP contribution in [0, 0.1) is 10.1 Å². The lowest BCUT2D eigenvalue weighted by Gasteiger charge is -2.34. The van der Waals surface area contributed by atoms with E-state index in [1.807, 2.05) is 0 Å². The van der Waals surface area contributed by atoms with E-state index in [4.69, 9.17) is 0 Å². The first-order valence-corrected chi connectivity index (χ1v) is 8.89. The maximum atomic E-state index is 13.0. The van der Waals surface area contributed by atoms with Crippen molar-refractivity contribution in [2.24, 2.45) is 14.1 Å². The predicted octanol–water partition coefficient (Wildman–Crippen LogP) is 1.56. The summed E-state index contributed by atoms with van der Waals surface area (Å²) >= 11 is 0. The number of nitrogens with zero attached hydrogens (tertiary/aromatic N) is 3. The molecule has 0 saturated carbocycles. The molecular formula is C19H18N4O5. The average Bonchev–Trinajstić information content (AvgIpc) is 2.69. The molecule has 1 aliphatic carbocycles. The van der Waals surface area contributed by atoms with E-state index in [0.29, 0.717) is 30.5 Å². The van der Waals surface area contributed by atoms with Crippen LogP contribution in [0.1, 0.15) is 36.3 Å². The fourth-order valence-corrected chi connectivity index (χ4v) is 4.11. The van der Waals surface area contributed by atoms with Crippen molar-refractivity contribution < 1.29 is 9.72 Å². The van der Waals surface area contributed by atoms with Crippen LogP contribution in [0.5, 0.6) is 0 Å². The Hall–Kier alpha value is -3.49. The summed E-state index contributed by atoms with van der Waals surface area (Å²) in [6, 6.07) is 6.11. The van der Waals surface area contributed by atoms with Gasteiger partial charge in [0.05, 0.1) is 16.4 Å². The summed E-state index contributed by atoms with van der Waals surface area (Å²) in [6.45, 7) is 0. The first-order valence-electron chi connectivity index (χ1n) is 8.89. The molecule has 9 heteroatoms. The first kappa shape index (κ1) is 17.9. The first-order chi connectivity index (χ1) is 13.3. The minimum absolute atomic E-state index is 0.140. The number of para-hydroxylation sites is 1. The van der Waals surface area contributed by atoms with Crippen LogP contribution >= 0.6 is 0 Å². The molecule has 2 aromatic rings. The van der Waals surface area contributed by atoms with E-state index in [2.05, 4.69) is 5.32 Å². The third kappa shape index (κ3) is 2.43. The second-order valence-corrected chi connectivity index (χ2v) is 7.01. The zero-order valence-corrected chi connectivity index (χ0v) is 15.4. The Labute approximate surface area is 159 Å². The van der Waals surface area contributed by atoms with Gasteiger partial charge in [-0.1, -0.05) is 18.2 Å². The molecule has 0 bridgehead atoms. The van der Waals surface area contributed by atoms with Crippen molar-refractivity contribution in [3.8, 4) is 0 Å². The molecule has 144 valence electrons. The number of carbonyl (C=O) groups excluding carboxylic acids is 1. The molecule has 0 spiro atoms. The van der Waals surface area contributed by atoms with E-state index in [-0.39, 0.29) is 28.4 Å². The molecule has 1 atom stereocenters. The summed E-state index contributed by atoms with van der Waals surface area (Å²) in [5.41, 5.74) is 0.199. The number of carbonyl (C=O) groups is 1. The number of benzene rings is 1. The number of aromatic nitrogens is 2. The standard InChI is InChI=1S/C19H18N4O5/c1-21-17-16(18(25)22(2)19(21)26)14(10-6-3-4-8-12(10)23(27)28)15-11(20-17)7-5-9-13(15)24/h3-4,6,8,14,20H,5,7,9H2,1-2H3. The highest BCUT2D eigenvalue weighted by molar-refractivity contribution is 6.01. The zero-order valence-electron chi connectivity index (χ0n) is 15.4. The van der Waals surface area contributed by atoms with Crippen LogP contribution < -0.4 is 16.6 Å². The Bertz CT molecular complexity index is 1190. The van der Waals surface area contributed by atoms with Crippen molar-refractivity contribution in [1.29, 1.82) is 0 Å². The quantitative estimate of drug-likeness (QED) is 0.622. The number of anilines is 1. The topological polar surface area (TPSA) is 116 Å². The Balaban J connectivity index is 2.14. The summed E-state index contributed by atoms with van der Waals surface area (Å²) in [7, 11) is 2.88. The van der Waals surface area contributed by atoms with Crippen LogP contribution in [0.4, 0.5) is 11.5 Å². The van der Waals surface area contributed by atoms with E-state index >= 15 is 0 Å². The average molecular weight is 382 g/mol. The molecule has 9 nitrogen and oxygen atoms in total. The minimum atomic E-state index is -0.897. The van der Waals surface area contributed by atoms with Crippen LogP contribution in [0.15, 0.2) is 45.1 Å². The number of Topliss-reactive ketones (excluding diaryl/α,β-unsaturated/α-hetero) is 1. The maximum absolute atomic E-state index is 13.0. The summed E-state index contributed by atoms with van der Waals surface area (Å²) in [4.78, 5) is 49.4. The van der Waals surface area contributed by atoms with Crippen LogP contribution in [0.2, 0.25) is 0 Å². The van der Waals surface area contributed by atoms with Gasteiger partial charge in [-0.2, -0.15) is 0 Å². The second-order valence-electron chi connectivity index (χ2n) is 7.01. The molecule has 1 aromatic carbocycles. The van der Waals surface area contributed by atoms with Crippen LogP contribution in [-0.2, 0) is 18.9 Å². The smallest absolute Gasteiger partial charge is 0.332 e. The SMILES string of the molecule is Cn1c2c(c(=O)n(C)c1=O)C(c1ccccc1[N+](=O)[O-])C1=C(CCCC1=O)N2. The number of hydrogen-bond donors (Lipinski definition) is 1. The Morgan fingerprint density at radius 1 is 1.11 bits per heavy atom. The highest BCUT2D eigenvalue weighted by Crippen LogP contribution is 2.45. The largest absolute Gasteiger partial charge is 0.344 e. The van der Waals surface area contributed by atoms with E-state index < -0.39 is 22.1 Å². The normalized spacial score (nSPS) is 18.4. The highest BCUT2D eigenvalue weighted by atomic mass is 16.6. The van der Waals surface area contributed by atoms with Crippen molar-refractivity contribution in [3.05, 3.63) is 77.6 Å². The summed E-state index contributed by atoms with van der Waals surface area (Å²) in [5, 5.41) is 14.7. The lowest BCUT2D eigenvalue weighted by Crippen LogP contribution is -2.44. The lowest BCUT2D eigenvalue weighted by atomic mass is 9.76. The van der Waals surface area contributed by atoms with Gasteiger partial charge in [-0.3, -0.25) is 28.8 Å². The molecule has 0 saturated heterocycles. The number of rotatable bonds is 2. The third-order valence-corrected chi connectivity index (χ3v) is 5.45. The van der Waals surface area contributed by atoms with Gasteiger partial charge >= 0.3 is 5.69 Å². The maximum Gasteiger partial charge on any atom is 0.332 e. The predicted molar refractivity (Wildman–Crippen MR) is 101 cm³/mol. The number of ketones is 1. The molecule has 1 aromatic heterocycles. The Morgan fingerprint density at radius 3 is 2.54 bits per heavy atom. The van der Waals surface area contributed by atoms with Gasteiger partial charge in [-0.25, -0.2) is 4.79 Å². The van der Waals surface area contributed by atoms with Crippen LogP contribution in [-0.4, -0.2) is 19.8 Å².